The minimum atomic E-state index is -0.120. The van der Waals surface area contributed by atoms with E-state index in [-0.39, 0.29) is 5.82 Å². The Morgan fingerprint density at radius 1 is 1.29 bits per heavy atom. The number of rotatable bonds is 3. The van der Waals surface area contributed by atoms with Gasteiger partial charge in [-0.1, -0.05) is 19.9 Å². The summed E-state index contributed by atoms with van der Waals surface area (Å²) in [5.74, 6) is -0.120. The zero-order valence-corrected chi connectivity index (χ0v) is 14.1. The highest BCUT2D eigenvalue weighted by molar-refractivity contribution is 8.00. The van der Waals surface area contributed by atoms with Crippen molar-refractivity contribution in [2.45, 2.75) is 37.4 Å². The fraction of sp³-hybridized carbons (Fsp3) is 0.500. The molecule has 2 N–H and O–H groups in total. The number of nitrogens with zero attached hydrogens (tertiary/aromatic N) is 1. The van der Waals surface area contributed by atoms with Crippen molar-refractivity contribution in [2.24, 2.45) is 5.73 Å². The monoisotopic (exact) mass is 324 g/mol. The van der Waals surface area contributed by atoms with Gasteiger partial charge in [0.15, 0.2) is 0 Å². The van der Waals surface area contributed by atoms with Crippen LogP contribution < -0.4 is 5.73 Å². The van der Waals surface area contributed by atoms with Gasteiger partial charge in [0.25, 0.3) is 0 Å². The van der Waals surface area contributed by atoms with Crippen molar-refractivity contribution in [3.63, 3.8) is 0 Å². The van der Waals surface area contributed by atoms with Crippen molar-refractivity contribution in [3.05, 3.63) is 34.5 Å². The summed E-state index contributed by atoms with van der Waals surface area (Å²) in [6.45, 7) is 7.95. The molecule has 0 amide bonds. The summed E-state index contributed by atoms with van der Waals surface area (Å²) in [4.78, 5) is 3.56. The van der Waals surface area contributed by atoms with Gasteiger partial charge in [-0.05, 0) is 17.7 Å². The molecule has 2 heterocycles. The Labute approximate surface area is 133 Å². The fourth-order valence-corrected chi connectivity index (χ4v) is 5.68. The van der Waals surface area contributed by atoms with Gasteiger partial charge >= 0.3 is 0 Å². The lowest BCUT2D eigenvalue weighted by Gasteiger charge is -2.34. The molecule has 0 aliphatic carbocycles. The first kappa shape index (κ1) is 15.3. The van der Waals surface area contributed by atoms with E-state index < -0.39 is 0 Å². The van der Waals surface area contributed by atoms with Crippen LogP contribution in [0.2, 0.25) is 0 Å². The van der Waals surface area contributed by atoms with E-state index in [0.29, 0.717) is 17.0 Å². The molecule has 1 fully saturated rings. The molecule has 1 saturated heterocycles. The maximum atomic E-state index is 14.2. The summed E-state index contributed by atoms with van der Waals surface area (Å²) in [7, 11) is 0. The molecule has 21 heavy (non-hydrogen) atoms. The molecule has 3 rings (SSSR count). The second kappa shape index (κ2) is 6.24. The van der Waals surface area contributed by atoms with Gasteiger partial charge in [0.05, 0.1) is 0 Å². The van der Waals surface area contributed by atoms with Gasteiger partial charge in [-0.25, -0.2) is 4.39 Å². The summed E-state index contributed by atoms with van der Waals surface area (Å²) in [5, 5.41) is 2.04. The molecule has 1 aliphatic heterocycles. The van der Waals surface area contributed by atoms with Crippen LogP contribution in [0.5, 0.6) is 0 Å². The minimum absolute atomic E-state index is 0.120. The van der Waals surface area contributed by atoms with Crippen LogP contribution in [0.25, 0.3) is 10.1 Å². The first-order chi connectivity index (χ1) is 10.1. The number of fused-ring (bicyclic) bond motifs is 1. The van der Waals surface area contributed by atoms with E-state index in [1.165, 1.54) is 0 Å². The van der Waals surface area contributed by atoms with Crippen molar-refractivity contribution in [2.75, 3.05) is 13.1 Å². The molecular weight excluding hydrogens is 303 g/mol. The Kier molecular flexibility index (Phi) is 4.54. The van der Waals surface area contributed by atoms with Gasteiger partial charge in [-0.2, -0.15) is 11.8 Å². The normalized spacial score (nSPS) is 23.8. The molecule has 5 heteroatoms. The van der Waals surface area contributed by atoms with Gasteiger partial charge in [0, 0.05) is 51.6 Å². The van der Waals surface area contributed by atoms with Crippen molar-refractivity contribution < 1.29 is 4.39 Å². The zero-order valence-electron chi connectivity index (χ0n) is 12.4. The van der Waals surface area contributed by atoms with Crippen molar-refractivity contribution >= 4 is 33.2 Å². The van der Waals surface area contributed by atoms with Crippen molar-refractivity contribution in [1.82, 2.24) is 4.90 Å². The van der Waals surface area contributed by atoms with Crippen molar-refractivity contribution in [1.29, 1.82) is 0 Å². The Balaban J connectivity index is 1.95. The summed E-state index contributed by atoms with van der Waals surface area (Å²) >= 11 is 3.67. The highest BCUT2D eigenvalue weighted by Crippen LogP contribution is 2.35. The zero-order chi connectivity index (χ0) is 15.0. The molecule has 2 atom stereocenters. The molecule has 0 radical (unpaired) electrons. The lowest BCUT2D eigenvalue weighted by molar-refractivity contribution is 0.263. The Bertz CT molecular complexity index is 630. The standard InChI is InChI=1S/C16H21FN2S2/c1-10-7-19(8-11(2)20-10)9-12-15(6-18)21-14-5-3-4-13(17)16(12)14/h3-5,10-11H,6-9,18H2,1-2H3. The maximum Gasteiger partial charge on any atom is 0.132 e. The molecule has 114 valence electrons. The van der Waals surface area contributed by atoms with E-state index >= 15 is 0 Å². The van der Waals surface area contributed by atoms with E-state index in [1.807, 2.05) is 17.8 Å². The fourth-order valence-electron chi connectivity index (χ4n) is 3.19. The van der Waals surface area contributed by atoms with Crippen LogP contribution in [-0.2, 0) is 13.1 Å². The van der Waals surface area contributed by atoms with Crippen LogP contribution in [0.15, 0.2) is 18.2 Å². The number of hydrogen-bond acceptors (Lipinski definition) is 4. The molecule has 0 spiro atoms. The van der Waals surface area contributed by atoms with E-state index in [4.69, 9.17) is 5.73 Å². The molecule has 2 unspecified atom stereocenters. The van der Waals surface area contributed by atoms with Crippen molar-refractivity contribution in [3.8, 4) is 0 Å². The number of nitrogens with two attached hydrogens (primary N) is 1. The summed E-state index contributed by atoms with van der Waals surface area (Å²) in [6, 6.07) is 5.32. The van der Waals surface area contributed by atoms with E-state index in [2.05, 4.69) is 18.7 Å². The lowest BCUT2D eigenvalue weighted by Crippen LogP contribution is -2.39. The SMILES string of the molecule is CC1CN(Cc2c(CN)sc3cccc(F)c23)CC(C)S1. The van der Waals surface area contributed by atoms with Crippen LogP contribution in [0.1, 0.15) is 24.3 Å². The lowest BCUT2D eigenvalue weighted by atomic mass is 10.1. The third-order valence-electron chi connectivity index (χ3n) is 3.91. The molecular formula is C16H21FN2S2. The highest BCUT2D eigenvalue weighted by atomic mass is 32.2. The van der Waals surface area contributed by atoms with Gasteiger partial charge in [-0.15, -0.1) is 11.3 Å². The molecule has 0 saturated carbocycles. The average Bonchev–Trinajstić information content (AvgIpc) is 2.77. The van der Waals surface area contributed by atoms with E-state index in [9.17, 15) is 4.39 Å². The van der Waals surface area contributed by atoms with Gasteiger partial charge < -0.3 is 5.73 Å². The predicted octanol–water partition coefficient (Wildman–Crippen LogP) is 3.82. The predicted molar refractivity (Wildman–Crippen MR) is 91.5 cm³/mol. The molecule has 1 aromatic heterocycles. The highest BCUT2D eigenvalue weighted by Gasteiger charge is 2.24. The molecule has 1 aromatic carbocycles. The third-order valence-corrected chi connectivity index (χ3v) is 6.36. The van der Waals surface area contributed by atoms with Gasteiger partial charge in [-0.3, -0.25) is 4.90 Å². The summed E-state index contributed by atoms with van der Waals surface area (Å²) in [6.07, 6.45) is 0. The third kappa shape index (κ3) is 3.11. The number of thiophene rings is 1. The first-order valence-corrected chi connectivity index (χ1v) is 9.11. The van der Waals surface area contributed by atoms with Crippen LogP contribution in [0.3, 0.4) is 0 Å². The maximum absolute atomic E-state index is 14.2. The summed E-state index contributed by atoms with van der Waals surface area (Å²) in [5.41, 5.74) is 6.99. The van der Waals surface area contributed by atoms with E-state index in [0.717, 1.165) is 40.2 Å². The minimum Gasteiger partial charge on any atom is -0.326 e. The second-order valence-electron chi connectivity index (χ2n) is 5.77. The Hall–Kier alpha value is -0.620. The van der Waals surface area contributed by atoms with Gasteiger partial charge in [0.1, 0.15) is 5.82 Å². The van der Waals surface area contributed by atoms with E-state index in [1.54, 1.807) is 23.5 Å². The number of halogens is 1. The largest absolute Gasteiger partial charge is 0.326 e. The Morgan fingerprint density at radius 3 is 2.67 bits per heavy atom. The number of hydrogen-bond donors (Lipinski definition) is 1. The van der Waals surface area contributed by atoms with Crippen LogP contribution in [-0.4, -0.2) is 28.5 Å². The van der Waals surface area contributed by atoms with Crippen LogP contribution in [0, 0.1) is 5.82 Å². The molecule has 2 nitrogen and oxygen atoms in total. The summed E-state index contributed by atoms with van der Waals surface area (Å²) < 4.78 is 15.3. The molecule has 2 aromatic rings. The second-order valence-corrected chi connectivity index (χ2v) is 8.79. The Morgan fingerprint density at radius 2 is 2.00 bits per heavy atom. The first-order valence-electron chi connectivity index (χ1n) is 7.35. The molecule has 0 bridgehead atoms. The molecule has 1 aliphatic rings. The smallest absolute Gasteiger partial charge is 0.132 e. The number of thioether (sulfide) groups is 1. The topological polar surface area (TPSA) is 29.3 Å². The number of benzene rings is 1. The van der Waals surface area contributed by atoms with Crippen LogP contribution >= 0.6 is 23.1 Å². The quantitative estimate of drug-likeness (QED) is 0.930. The van der Waals surface area contributed by atoms with Crippen LogP contribution in [0.4, 0.5) is 4.39 Å². The van der Waals surface area contributed by atoms with Gasteiger partial charge in [0.2, 0.25) is 0 Å². The average molecular weight is 324 g/mol.